The van der Waals surface area contributed by atoms with Gasteiger partial charge in [-0.25, -0.2) is 0 Å². The zero-order chi connectivity index (χ0) is 15.2. The van der Waals surface area contributed by atoms with E-state index >= 15 is 0 Å². The van der Waals surface area contributed by atoms with Gasteiger partial charge in [-0.05, 0) is 38.3 Å². The third kappa shape index (κ3) is 4.42. The minimum atomic E-state index is 0.0828. The summed E-state index contributed by atoms with van der Waals surface area (Å²) in [6, 6.07) is 5.90. The van der Waals surface area contributed by atoms with Crippen LogP contribution in [0.3, 0.4) is 0 Å². The summed E-state index contributed by atoms with van der Waals surface area (Å²) in [5, 5.41) is 0. The number of nitrogens with zero attached hydrogens (tertiary/aromatic N) is 1. The Morgan fingerprint density at radius 2 is 1.67 bits per heavy atom. The number of Topliss-reactive ketones (excluding diaryl/α,β-unsaturated/α-hetero) is 1. The van der Waals surface area contributed by atoms with Crippen molar-refractivity contribution in [3.63, 3.8) is 0 Å². The fourth-order valence-corrected chi connectivity index (χ4v) is 2.87. The molecule has 0 bridgehead atoms. The summed E-state index contributed by atoms with van der Waals surface area (Å²) in [4.78, 5) is 26.4. The fourth-order valence-electron chi connectivity index (χ4n) is 2.87. The number of ketones is 1. The van der Waals surface area contributed by atoms with Gasteiger partial charge < -0.3 is 4.90 Å². The molecule has 0 atom stereocenters. The average Bonchev–Trinajstić information content (AvgIpc) is 2.76. The normalized spacial score (nSPS) is 15.6. The van der Waals surface area contributed by atoms with E-state index in [-0.39, 0.29) is 11.7 Å². The molecule has 3 heteroatoms. The summed E-state index contributed by atoms with van der Waals surface area (Å²) >= 11 is 0. The summed E-state index contributed by atoms with van der Waals surface area (Å²) in [6.07, 6.45) is 5.27. The summed E-state index contributed by atoms with van der Waals surface area (Å²) in [5.41, 5.74) is 2.84. The van der Waals surface area contributed by atoms with Gasteiger partial charge in [0.2, 0.25) is 5.91 Å². The number of hydrogen-bond acceptors (Lipinski definition) is 2. The average molecular weight is 287 g/mol. The van der Waals surface area contributed by atoms with Gasteiger partial charge in [-0.3, -0.25) is 9.59 Å². The van der Waals surface area contributed by atoms with Crippen LogP contribution in [0.15, 0.2) is 18.2 Å². The smallest absolute Gasteiger partial charge is 0.223 e. The zero-order valence-corrected chi connectivity index (χ0v) is 13.2. The van der Waals surface area contributed by atoms with Gasteiger partial charge in [0, 0.05) is 31.5 Å². The van der Waals surface area contributed by atoms with Crippen LogP contribution in [0.5, 0.6) is 0 Å². The summed E-state index contributed by atoms with van der Waals surface area (Å²) in [5.74, 6) is 0.218. The molecule has 1 aliphatic rings. The molecule has 21 heavy (non-hydrogen) atoms. The fraction of sp³-hybridized carbons (Fsp3) is 0.556. The molecule has 0 radical (unpaired) electrons. The molecule has 0 aliphatic carbocycles. The molecule has 0 unspecified atom stereocenters. The minimum absolute atomic E-state index is 0.0828. The highest BCUT2D eigenvalue weighted by Crippen LogP contribution is 2.15. The second-order valence-electron chi connectivity index (χ2n) is 6.04. The Kier molecular flexibility index (Phi) is 5.54. The lowest BCUT2D eigenvalue weighted by atomic mass is 9.99. The Morgan fingerprint density at radius 1 is 1.00 bits per heavy atom. The topological polar surface area (TPSA) is 37.4 Å². The minimum Gasteiger partial charge on any atom is -0.343 e. The van der Waals surface area contributed by atoms with Crippen molar-refractivity contribution in [3.8, 4) is 0 Å². The molecular weight excluding hydrogens is 262 g/mol. The van der Waals surface area contributed by atoms with E-state index < -0.39 is 0 Å². The molecule has 1 aromatic carbocycles. The number of carbonyl (C=O) groups excluding carboxylic acids is 2. The number of benzene rings is 1. The van der Waals surface area contributed by atoms with Crippen LogP contribution in [-0.2, 0) is 4.79 Å². The molecule has 1 fully saturated rings. The van der Waals surface area contributed by atoms with E-state index in [9.17, 15) is 9.59 Å². The maximum Gasteiger partial charge on any atom is 0.223 e. The van der Waals surface area contributed by atoms with Crippen LogP contribution in [-0.4, -0.2) is 29.7 Å². The molecule has 0 N–H and O–H groups in total. The van der Waals surface area contributed by atoms with Gasteiger partial charge >= 0.3 is 0 Å². The Hall–Kier alpha value is -1.64. The Bertz CT molecular complexity index is 514. The van der Waals surface area contributed by atoms with Crippen molar-refractivity contribution in [2.24, 2.45) is 0 Å². The van der Waals surface area contributed by atoms with Crippen LogP contribution >= 0.6 is 0 Å². The molecular formula is C18H25NO2. The van der Waals surface area contributed by atoms with Crippen LogP contribution in [0.25, 0.3) is 0 Å². The van der Waals surface area contributed by atoms with Crippen molar-refractivity contribution in [2.45, 2.75) is 52.4 Å². The molecule has 1 saturated heterocycles. The van der Waals surface area contributed by atoms with Crippen molar-refractivity contribution in [2.75, 3.05) is 13.1 Å². The van der Waals surface area contributed by atoms with E-state index in [1.807, 2.05) is 36.9 Å². The first kappa shape index (κ1) is 15.7. The van der Waals surface area contributed by atoms with Crippen LogP contribution in [0, 0.1) is 13.8 Å². The lowest BCUT2D eigenvalue weighted by Gasteiger charge is -2.20. The molecule has 114 valence electrons. The van der Waals surface area contributed by atoms with Crippen molar-refractivity contribution >= 4 is 11.7 Å². The van der Waals surface area contributed by atoms with Crippen molar-refractivity contribution in [3.05, 3.63) is 34.9 Å². The van der Waals surface area contributed by atoms with Gasteiger partial charge in [0.1, 0.15) is 0 Å². The molecule has 2 rings (SSSR count). The van der Waals surface area contributed by atoms with Crippen LogP contribution < -0.4 is 0 Å². The highest BCUT2D eigenvalue weighted by Gasteiger charge is 2.17. The van der Waals surface area contributed by atoms with Gasteiger partial charge in [0.15, 0.2) is 5.78 Å². The molecule has 1 heterocycles. The summed E-state index contributed by atoms with van der Waals surface area (Å²) in [7, 11) is 0. The van der Waals surface area contributed by atoms with Gasteiger partial charge in [-0.1, -0.05) is 30.5 Å². The van der Waals surface area contributed by atoms with E-state index in [2.05, 4.69) is 0 Å². The van der Waals surface area contributed by atoms with E-state index in [1.54, 1.807) is 0 Å². The number of hydrogen-bond donors (Lipinski definition) is 0. The van der Waals surface area contributed by atoms with E-state index in [0.717, 1.165) is 42.6 Å². The first-order valence-electron chi connectivity index (χ1n) is 7.96. The molecule has 0 aromatic heterocycles. The van der Waals surface area contributed by atoms with Gasteiger partial charge in [-0.2, -0.15) is 0 Å². The molecule has 0 spiro atoms. The monoisotopic (exact) mass is 287 g/mol. The SMILES string of the molecule is Cc1ccc(C)c(C(=O)CCC(=O)N2CCCCCC2)c1. The Balaban J connectivity index is 1.91. The van der Waals surface area contributed by atoms with Crippen LogP contribution in [0.4, 0.5) is 0 Å². The predicted octanol–water partition coefficient (Wildman–Crippen LogP) is 3.67. The van der Waals surface area contributed by atoms with Gasteiger partial charge in [0.05, 0.1) is 0 Å². The second kappa shape index (κ2) is 7.39. The first-order valence-corrected chi connectivity index (χ1v) is 7.96. The van der Waals surface area contributed by atoms with Gasteiger partial charge in [-0.15, -0.1) is 0 Å². The van der Waals surface area contributed by atoms with Crippen LogP contribution in [0.2, 0.25) is 0 Å². The van der Waals surface area contributed by atoms with Crippen molar-refractivity contribution in [1.29, 1.82) is 0 Å². The third-order valence-corrected chi connectivity index (χ3v) is 4.22. The predicted molar refractivity (Wildman–Crippen MR) is 84.5 cm³/mol. The summed E-state index contributed by atoms with van der Waals surface area (Å²) in [6.45, 7) is 5.65. The van der Waals surface area contributed by atoms with Gasteiger partial charge in [0.25, 0.3) is 0 Å². The molecule has 1 aliphatic heterocycles. The Morgan fingerprint density at radius 3 is 2.33 bits per heavy atom. The number of rotatable bonds is 4. The lowest BCUT2D eigenvalue weighted by Crippen LogP contribution is -2.32. The zero-order valence-electron chi connectivity index (χ0n) is 13.2. The standard InChI is InChI=1S/C18H25NO2/c1-14-7-8-15(2)16(13-14)17(20)9-10-18(21)19-11-5-3-4-6-12-19/h7-8,13H,3-6,9-12H2,1-2H3. The molecule has 1 aromatic rings. The Labute approximate surface area is 127 Å². The van der Waals surface area contributed by atoms with E-state index in [1.165, 1.54) is 12.8 Å². The number of amides is 1. The highest BCUT2D eigenvalue weighted by molar-refractivity contribution is 5.99. The quantitative estimate of drug-likeness (QED) is 0.792. The number of likely N-dealkylation sites (tertiary alicyclic amines) is 1. The maximum absolute atomic E-state index is 12.3. The van der Waals surface area contributed by atoms with E-state index in [0.29, 0.717) is 12.8 Å². The van der Waals surface area contributed by atoms with E-state index in [4.69, 9.17) is 0 Å². The third-order valence-electron chi connectivity index (χ3n) is 4.22. The lowest BCUT2D eigenvalue weighted by molar-refractivity contribution is -0.131. The number of aryl methyl sites for hydroxylation is 2. The number of carbonyl (C=O) groups is 2. The first-order chi connectivity index (χ1) is 10.1. The second-order valence-corrected chi connectivity index (χ2v) is 6.04. The van der Waals surface area contributed by atoms with Crippen molar-refractivity contribution in [1.82, 2.24) is 4.90 Å². The summed E-state index contributed by atoms with van der Waals surface area (Å²) < 4.78 is 0. The van der Waals surface area contributed by atoms with Crippen LogP contribution in [0.1, 0.15) is 60.0 Å². The maximum atomic E-state index is 12.3. The molecule has 3 nitrogen and oxygen atoms in total. The highest BCUT2D eigenvalue weighted by atomic mass is 16.2. The molecule has 1 amide bonds. The van der Waals surface area contributed by atoms with Crippen molar-refractivity contribution < 1.29 is 9.59 Å². The largest absolute Gasteiger partial charge is 0.343 e. The molecule has 0 saturated carbocycles.